The molecule has 2 heterocycles. The Balaban J connectivity index is 2.04. The number of hydrogen-bond donors (Lipinski definition) is 1. The van der Waals surface area contributed by atoms with Crippen molar-refractivity contribution in [1.82, 2.24) is 15.1 Å². The van der Waals surface area contributed by atoms with E-state index in [1.165, 1.54) is 22.9 Å². The summed E-state index contributed by atoms with van der Waals surface area (Å²) in [7, 11) is 0. The van der Waals surface area contributed by atoms with Crippen LogP contribution in [0.5, 0.6) is 0 Å². The number of carbonyl (C=O) groups excluding carboxylic acids is 1. The summed E-state index contributed by atoms with van der Waals surface area (Å²) in [6.45, 7) is 9.18. The predicted molar refractivity (Wildman–Crippen MR) is 116 cm³/mol. The van der Waals surface area contributed by atoms with Gasteiger partial charge in [-0.2, -0.15) is 20.5 Å². The Morgan fingerprint density at radius 1 is 1.17 bits per heavy atom. The van der Waals surface area contributed by atoms with Crippen LogP contribution in [0.2, 0.25) is 10.0 Å². The largest absolute Gasteiger partial charge is 0.347 e. The normalized spacial score (nSPS) is 15.0. The van der Waals surface area contributed by atoms with Crippen molar-refractivity contribution in [3.63, 3.8) is 0 Å². The molecule has 2 aromatic rings. The van der Waals surface area contributed by atoms with E-state index in [1.54, 1.807) is 6.07 Å². The van der Waals surface area contributed by atoms with Crippen LogP contribution in [-0.2, 0) is 0 Å². The number of carbonyl (C=O) groups is 1. The summed E-state index contributed by atoms with van der Waals surface area (Å²) < 4.78 is 1.39. The Hall–Kier alpha value is -3.15. The second-order valence-electron chi connectivity index (χ2n) is 6.96. The molecule has 0 saturated heterocycles. The smallest absolute Gasteiger partial charge is 0.304 e. The van der Waals surface area contributed by atoms with E-state index in [0.717, 1.165) is 5.01 Å². The third-order valence-electron chi connectivity index (χ3n) is 4.56. The summed E-state index contributed by atoms with van der Waals surface area (Å²) in [5.41, 5.74) is 1.40. The maximum absolute atomic E-state index is 12.3. The van der Waals surface area contributed by atoms with Crippen LogP contribution < -0.4 is 15.9 Å². The standard InChI is InChI=1S/C20H18Cl2N6O2/c1-10(2)27-18(29)6-5-16(25-27)11(3)19-14(21)7-13(8-15(19)22)28-20(30)24-12(4)17(9-23)26-28/h5-8,10-11H,4H2,1-3H3,(H,24,30). The summed E-state index contributed by atoms with van der Waals surface area (Å²) in [6, 6.07) is 7.34. The molecule has 0 spiro atoms. The molecule has 2 amide bonds. The van der Waals surface area contributed by atoms with E-state index in [4.69, 9.17) is 28.5 Å². The molecule has 1 atom stereocenters. The molecule has 30 heavy (non-hydrogen) atoms. The Bertz CT molecular complexity index is 1160. The molecule has 0 fully saturated rings. The maximum Gasteiger partial charge on any atom is 0.347 e. The van der Waals surface area contributed by atoms with Crippen molar-refractivity contribution in [3.05, 3.63) is 68.2 Å². The van der Waals surface area contributed by atoms with Gasteiger partial charge in [-0.1, -0.05) is 36.7 Å². The first-order valence-corrected chi connectivity index (χ1v) is 9.77. The fraction of sp³-hybridized carbons (Fsp3) is 0.250. The van der Waals surface area contributed by atoms with Crippen molar-refractivity contribution >= 4 is 40.6 Å². The number of benzene rings is 1. The lowest BCUT2D eigenvalue weighted by Gasteiger charge is -2.25. The quantitative estimate of drug-likeness (QED) is 0.762. The zero-order valence-electron chi connectivity index (χ0n) is 16.5. The van der Waals surface area contributed by atoms with E-state index in [1.807, 2.05) is 26.8 Å². The molecule has 1 aliphatic rings. The van der Waals surface area contributed by atoms with E-state index in [9.17, 15) is 9.59 Å². The van der Waals surface area contributed by atoms with E-state index >= 15 is 0 Å². The van der Waals surface area contributed by atoms with Crippen LogP contribution in [0.15, 0.2) is 46.4 Å². The van der Waals surface area contributed by atoms with Gasteiger partial charge in [0.05, 0.1) is 23.1 Å². The summed E-state index contributed by atoms with van der Waals surface area (Å²) in [5, 5.41) is 21.6. The van der Waals surface area contributed by atoms with E-state index < -0.39 is 6.03 Å². The van der Waals surface area contributed by atoms with Crippen molar-refractivity contribution in [1.29, 1.82) is 5.26 Å². The molecule has 8 nitrogen and oxygen atoms in total. The Morgan fingerprint density at radius 3 is 2.37 bits per heavy atom. The minimum absolute atomic E-state index is 0.0283. The van der Waals surface area contributed by atoms with Crippen LogP contribution >= 0.6 is 23.2 Å². The highest BCUT2D eigenvalue weighted by Gasteiger charge is 2.27. The van der Waals surface area contributed by atoms with Crippen LogP contribution in [0, 0.1) is 11.3 Å². The number of rotatable bonds is 4. The molecule has 1 unspecified atom stereocenters. The number of nitrogens with one attached hydrogen (secondary N) is 1. The van der Waals surface area contributed by atoms with Gasteiger partial charge < -0.3 is 5.32 Å². The SMILES string of the molecule is C=C1NC(=O)N(c2cc(Cl)c(C(C)c3ccc(=O)n(C(C)C)n3)c(Cl)c2)N=C1C#N. The molecule has 3 rings (SSSR count). The lowest BCUT2D eigenvalue weighted by molar-refractivity contribution is 0.248. The van der Waals surface area contributed by atoms with Gasteiger partial charge in [-0.3, -0.25) is 4.79 Å². The molecule has 1 aliphatic heterocycles. The molecule has 10 heteroatoms. The molecular formula is C20H18Cl2N6O2. The molecule has 1 N–H and O–H groups in total. The van der Waals surface area contributed by atoms with E-state index in [2.05, 4.69) is 22.1 Å². The molecule has 1 aromatic heterocycles. The fourth-order valence-electron chi connectivity index (χ4n) is 3.01. The molecule has 0 aliphatic carbocycles. The number of hydrogen-bond acceptors (Lipinski definition) is 5. The number of amides is 2. The zero-order valence-corrected chi connectivity index (χ0v) is 18.0. The van der Waals surface area contributed by atoms with Crippen LogP contribution in [0.3, 0.4) is 0 Å². The number of urea groups is 1. The third-order valence-corrected chi connectivity index (χ3v) is 5.19. The molecule has 1 aromatic carbocycles. The van der Waals surface area contributed by atoms with Gasteiger partial charge in [-0.15, -0.1) is 0 Å². The lowest BCUT2D eigenvalue weighted by atomic mass is 9.97. The fourth-order valence-corrected chi connectivity index (χ4v) is 3.81. The number of aromatic nitrogens is 2. The molecule has 0 radical (unpaired) electrons. The van der Waals surface area contributed by atoms with Crippen molar-refractivity contribution in [2.45, 2.75) is 32.7 Å². The highest BCUT2D eigenvalue weighted by molar-refractivity contribution is 6.36. The van der Waals surface area contributed by atoms with Crippen molar-refractivity contribution in [2.75, 3.05) is 5.01 Å². The Labute approximate surface area is 183 Å². The summed E-state index contributed by atoms with van der Waals surface area (Å²) in [4.78, 5) is 24.3. The topological polar surface area (TPSA) is 103 Å². The second-order valence-corrected chi connectivity index (χ2v) is 7.77. The van der Waals surface area contributed by atoms with Crippen molar-refractivity contribution in [3.8, 4) is 6.07 Å². The van der Waals surface area contributed by atoms with Gasteiger partial charge in [0, 0.05) is 22.0 Å². The first kappa shape index (κ1) is 21.6. The van der Waals surface area contributed by atoms with Crippen LogP contribution in [-0.4, -0.2) is 21.5 Å². The van der Waals surface area contributed by atoms with Crippen molar-refractivity contribution in [2.24, 2.45) is 5.10 Å². The predicted octanol–water partition coefficient (Wildman–Crippen LogP) is 4.21. The number of hydrazone groups is 1. The first-order chi connectivity index (χ1) is 14.1. The Kier molecular flexibility index (Phi) is 5.97. The highest BCUT2D eigenvalue weighted by atomic mass is 35.5. The molecule has 154 valence electrons. The first-order valence-electron chi connectivity index (χ1n) is 9.01. The summed E-state index contributed by atoms with van der Waals surface area (Å²) >= 11 is 13.0. The maximum atomic E-state index is 12.3. The van der Waals surface area contributed by atoms with E-state index in [0.29, 0.717) is 27.0 Å². The van der Waals surface area contributed by atoms with Gasteiger partial charge >= 0.3 is 6.03 Å². The van der Waals surface area contributed by atoms with Crippen LogP contribution in [0.4, 0.5) is 10.5 Å². The molecule has 0 bridgehead atoms. The van der Waals surface area contributed by atoms with Crippen LogP contribution in [0.25, 0.3) is 0 Å². The monoisotopic (exact) mass is 444 g/mol. The van der Waals surface area contributed by atoms with Gasteiger partial charge in [-0.05, 0) is 37.6 Å². The molecular weight excluding hydrogens is 427 g/mol. The van der Waals surface area contributed by atoms with Gasteiger partial charge in [0.25, 0.3) is 5.56 Å². The van der Waals surface area contributed by atoms with Gasteiger partial charge in [0.1, 0.15) is 6.07 Å². The summed E-state index contributed by atoms with van der Waals surface area (Å²) in [6.07, 6.45) is 0. The minimum atomic E-state index is -0.586. The average Bonchev–Trinajstić information content (AvgIpc) is 2.67. The number of nitrogens with zero attached hydrogens (tertiary/aromatic N) is 5. The van der Waals surface area contributed by atoms with Crippen molar-refractivity contribution < 1.29 is 4.79 Å². The summed E-state index contributed by atoms with van der Waals surface area (Å²) in [5.74, 6) is -0.321. The van der Waals surface area contributed by atoms with Gasteiger partial charge in [0.2, 0.25) is 0 Å². The van der Waals surface area contributed by atoms with E-state index in [-0.39, 0.29) is 28.9 Å². The molecule has 0 saturated carbocycles. The number of allylic oxidation sites excluding steroid dienone is 1. The number of nitriles is 1. The Morgan fingerprint density at radius 2 is 1.80 bits per heavy atom. The van der Waals surface area contributed by atoms with Gasteiger partial charge in [0.15, 0.2) is 5.71 Å². The number of halogens is 2. The number of anilines is 1. The minimum Gasteiger partial charge on any atom is -0.304 e. The third kappa shape index (κ3) is 3.95. The lowest BCUT2D eigenvalue weighted by Crippen LogP contribution is -2.43. The van der Waals surface area contributed by atoms with Crippen LogP contribution in [0.1, 0.15) is 44.0 Å². The zero-order chi connectivity index (χ0) is 22.2. The van der Waals surface area contributed by atoms with Gasteiger partial charge in [-0.25, -0.2) is 9.48 Å². The highest BCUT2D eigenvalue weighted by Crippen LogP contribution is 2.38. The second kappa shape index (κ2) is 8.30. The average molecular weight is 445 g/mol.